The molecule has 1 aliphatic rings. The Labute approximate surface area is 196 Å². The Morgan fingerprint density at radius 1 is 1.18 bits per heavy atom. The number of aldehydes is 1. The Bertz CT molecular complexity index is 930. The van der Waals surface area contributed by atoms with Crippen LogP contribution in [-0.2, 0) is 4.79 Å². The van der Waals surface area contributed by atoms with Gasteiger partial charge in [0.25, 0.3) is 0 Å². The highest BCUT2D eigenvalue weighted by molar-refractivity contribution is 6.15. The van der Waals surface area contributed by atoms with Crippen LogP contribution in [0.4, 0.5) is 10.1 Å². The molecule has 0 spiro atoms. The van der Waals surface area contributed by atoms with Crippen LogP contribution < -0.4 is 10.3 Å². The predicted octanol–water partition coefficient (Wildman–Crippen LogP) is 4.79. The first-order valence-electron chi connectivity index (χ1n) is 11.8. The molecule has 0 aromatic heterocycles. The van der Waals surface area contributed by atoms with Gasteiger partial charge in [0.2, 0.25) is 0 Å². The first kappa shape index (κ1) is 25.1. The van der Waals surface area contributed by atoms with E-state index in [9.17, 15) is 14.3 Å². The van der Waals surface area contributed by atoms with E-state index in [1.54, 1.807) is 12.1 Å². The van der Waals surface area contributed by atoms with Crippen molar-refractivity contribution in [3.05, 3.63) is 66.0 Å². The number of hydrogen-bond donors (Lipinski definition) is 2. The van der Waals surface area contributed by atoms with Crippen molar-refractivity contribution < 1.29 is 14.3 Å². The summed E-state index contributed by atoms with van der Waals surface area (Å²) in [7, 11) is 0. The van der Waals surface area contributed by atoms with E-state index < -0.39 is 5.41 Å². The molecule has 3 rings (SSSR count). The van der Waals surface area contributed by atoms with Crippen LogP contribution in [0.15, 0.2) is 59.7 Å². The van der Waals surface area contributed by atoms with Crippen LogP contribution in [0.5, 0.6) is 0 Å². The Morgan fingerprint density at radius 3 is 2.48 bits per heavy atom. The molecule has 0 bridgehead atoms. The Hall–Kier alpha value is -2.57. The van der Waals surface area contributed by atoms with Crippen LogP contribution in [0.1, 0.15) is 52.0 Å². The lowest BCUT2D eigenvalue weighted by Gasteiger charge is -2.35. The largest absolute Gasteiger partial charge is 0.396 e. The molecular formula is C27H36FN3O2. The van der Waals surface area contributed by atoms with Crippen molar-refractivity contribution in [2.24, 2.45) is 15.9 Å². The second-order valence-corrected chi connectivity index (χ2v) is 9.70. The molecule has 33 heavy (non-hydrogen) atoms. The maximum absolute atomic E-state index is 13.7. The summed E-state index contributed by atoms with van der Waals surface area (Å²) in [5, 5.41) is 19.9. The number of hydrazone groups is 1. The van der Waals surface area contributed by atoms with Crippen molar-refractivity contribution in [1.29, 1.82) is 0 Å². The summed E-state index contributed by atoms with van der Waals surface area (Å²) in [5.74, 6) is -0.316. The van der Waals surface area contributed by atoms with Crippen LogP contribution in [0.2, 0.25) is 0 Å². The van der Waals surface area contributed by atoms with Gasteiger partial charge in [-0.3, -0.25) is 5.01 Å². The zero-order valence-corrected chi connectivity index (χ0v) is 19.9. The van der Waals surface area contributed by atoms with E-state index in [2.05, 4.69) is 12.2 Å². The van der Waals surface area contributed by atoms with E-state index in [0.717, 1.165) is 49.8 Å². The molecule has 2 unspecified atom stereocenters. The molecule has 0 amide bonds. The molecule has 178 valence electrons. The van der Waals surface area contributed by atoms with E-state index in [-0.39, 0.29) is 23.9 Å². The summed E-state index contributed by atoms with van der Waals surface area (Å²) < 4.78 is 13.7. The number of aliphatic hydroxyl groups excluding tert-OH is 1. The summed E-state index contributed by atoms with van der Waals surface area (Å²) in [5.41, 5.74) is 1.38. The molecule has 2 N–H and O–H groups in total. The van der Waals surface area contributed by atoms with Gasteiger partial charge in [-0.05, 0) is 61.1 Å². The van der Waals surface area contributed by atoms with E-state index in [1.807, 2.05) is 49.2 Å². The maximum Gasteiger partial charge on any atom is 0.135 e. The van der Waals surface area contributed by atoms with E-state index in [1.165, 1.54) is 12.1 Å². The smallest absolute Gasteiger partial charge is 0.135 e. The quantitative estimate of drug-likeness (QED) is 0.358. The Kier molecular flexibility index (Phi) is 8.38. The Morgan fingerprint density at radius 2 is 1.88 bits per heavy atom. The zero-order chi connectivity index (χ0) is 23.9. The summed E-state index contributed by atoms with van der Waals surface area (Å²) in [4.78, 5) is 12.9. The standard InChI is InChI=1S/C27H36FN3O2/c1-4-9-24-27(20-33,18-29-17-8-16-26(2,3)19-32)25(21-12-14-22(28)15-13-21)30-31(24)23-10-6-5-7-11-23/h5-7,10-15,20,24,29,32H,4,8-9,16-19H2,1-3H3. The van der Waals surface area contributed by atoms with Crippen LogP contribution in [0.3, 0.4) is 0 Å². The normalized spacial score (nSPS) is 20.7. The molecule has 5 nitrogen and oxygen atoms in total. The fourth-order valence-corrected chi connectivity index (χ4v) is 4.50. The van der Waals surface area contributed by atoms with Crippen molar-refractivity contribution in [2.45, 2.75) is 52.5 Å². The van der Waals surface area contributed by atoms with Crippen LogP contribution in [-0.4, -0.2) is 42.8 Å². The number of carbonyl (C=O) groups is 1. The molecule has 1 aliphatic heterocycles. The molecule has 0 aliphatic carbocycles. The number of aliphatic hydroxyl groups is 1. The molecular weight excluding hydrogens is 417 g/mol. The van der Waals surface area contributed by atoms with Gasteiger partial charge >= 0.3 is 0 Å². The summed E-state index contributed by atoms with van der Waals surface area (Å²) in [6.07, 6.45) is 4.51. The number of rotatable bonds is 12. The van der Waals surface area contributed by atoms with Crippen LogP contribution >= 0.6 is 0 Å². The lowest BCUT2D eigenvalue weighted by Crippen LogP contribution is -2.52. The summed E-state index contributed by atoms with van der Waals surface area (Å²) >= 11 is 0. The highest BCUT2D eigenvalue weighted by Crippen LogP contribution is 2.40. The van der Waals surface area contributed by atoms with E-state index in [4.69, 9.17) is 5.10 Å². The second-order valence-electron chi connectivity index (χ2n) is 9.70. The zero-order valence-electron chi connectivity index (χ0n) is 19.9. The Balaban J connectivity index is 1.92. The highest BCUT2D eigenvalue weighted by Gasteiger charge is 2.51. The summed E-state index contributed by atoms with van der Waals surface area (Å²) in [6.45, 7) is 7.53. The third kappa shape index (κ3) is 5.68. The van der Waals surface area contributed by atoms with Gasteiger partial charge in [-0.25, -0.2) is 4.39 Å². The number of benzene rings is 2. The van der Waals surface area contributed by atoms with Crippen molar-refractivity contribution in [1.82, 2.24) is 5.32 Å². The number of halogens is 1. The number of anilines is 1. The average molecular weight is 454 g/mol. The molecule has 0 radical (unpaired) electrons. The predicted molar refractivity (Wildman–Crippen MR) is 132 cm³/mol. The van der Waals surface area contributed by atoms with Gasteiger partial charge in [-0.15, -0.1) is 0 Å². The number of nitrogens with one attached hydrogen (secondary N) is 1. The summed E-state index contributed by atoms with van der Waals surface area (Å²) in [6, 6.07) is 16.0. The SMILES string of the molecule is CCCC1N(c2ccccc2)N=C(c2ccc(F)cc2)C1(C=O)CNCCCC(C)(C)CO. The molecule has 0 saturated heterocycles. The second kappa shape index (κ2) is 11.0. The van der Waals surface area contributed by atoms with Crippen LogP contribution in [0, 0.1) is 16.6 Å². The van der Waals surface area contributed by atoms with Gasteiger partial charge in [0.1, 0.15) is 17.5 Å². The number of nitrogens with zero attached hydrogens (tertiary/aromatic N) is 2. The fourth-order valence-electron chi connectivity index (χ4n) is 4.50. The molecule has 1 heterocycles. The van der Waals surface area contributed by atoms with Gasteiger partial charge < -0.3 is 15.2 Å². The van der Waals surface area contributed by atoms with Gasteiger partial charge in [0, 0.05) is 13.2 Å². The number of para-hydroxylation sites is 1. The average Bonchev–Trinajstić information content (AvgIpc) is 3.14. The monoisotopic (exact) mass is 453 g/mol. The van der Waals surface area contributed by atoms with Crippen molar-refractivity contribution in [2.75, 3.05) is 24.7 Å². The minimum Gasteiger partial charge on any atom is -0.396 e. The highest BCUT2D eigenvalue weighted by atomic mass is 19.1. The third-order valence-corrected chi connectivity index (χ3v) is 6.50. The number of hydrogen-bond acceptors (Lipinski definition) is 5. The minimum absolute atomic E-state index is 0.118. The van der Waals surface area contributed by atoms with E-state index >= 15 is 0 Å². The first-order valence-corrected chi connectivity index (χ1v) is 11.8. The molecule has 2 aromatic rings. The molecule has 2 aromatic carbocycles. The maximum atomic E-state index is 13.7. The molecule has 0 fully saturated rings. The third-order valence-electron chi connectivity index (χ3n) is 6.50. The lowest BCUT2D eigenvalue weighted by molar-refractivity contribution is -0.113. The van der Waals surface area contributed by atoms with Crippen LogP contribution in [0.25, 0.3) is 0 Å². The number of carbonyl (C=O) groups excluding carboxylic acids is 1. The topological polar surface area (TPSA) is 64.9 Å². The first-order chi connectivity index (χ1) is 15.9. The molecule has 2 atom stereocenters. The lowest BCUT2D eigenvalue weighted by atomic mass is 9.73. The fraction of sp³-hybridized carbons (Fsp3) is 0.481. The van der Waals surface area contributed by atoms with Crippen molar-refractivity contribution >= 4 is 17.7 Å². The molecule has 0 saturated carbocycles. The van der Waals surface area contributed by atoms with Gasteiger partial charge in [-0.2, -0.15) is 5.10 Å². The van der Waals surface area contributed by atoms with Gasteiger partial charge in [0.05, 0.1) is 17.4 Å². The van der Waals surface area contributed by atoms with Gasteiger partial charge in [0.15, 0.2) is 0 Å². The van der Waals surface area contributed by atoms with Gasteiger partial charge in [-0.1, -0.05) is 57.5 Å². The van der Waals surface area contributed by atoms with E-state index in [0.29, 0.717) is 12.3 Å². The minimum atomic E-state index is -0.865. The molecule has 6 heteroatoms. The van der Waals surface area contributed by atoms with Crippen molar-refractivity contribution in [3.63, 3.8) is 0 Å². The van der Waals surface area contributed by atoms with Crippen molar-refractivity contribution in [3.8, 4) is 0 Å².